The van der Waals surface area contributed by atoms with Crippen molar-refractivity contribution >= 4 is 21.9 Å². The maximum absolute atomic E-state index is 5.48. The largest absolute Gasteiger partial charge is 0.496 e. The van der Waals surface area contributed by atoms with Gasteiger partial charge in [0.15, 0.2) is 5.96 Å². The Morgan fingerprint density at radius 3 is 2.88 bits per heavy atom. The highest BCUT2D eigenvalue weighted by atomic mass is 79.9. The van der Waals surface area contributed by atoms with Gasteiger partial charge >= 0.3 is 0 Å². The van der Waals surface area contributed by atoms with Crippen LogP contribution >= 0.6 is 15.9 Å². The monoisotopic (exact) mass is 424 g/mol. The second kappa shape index (κ2) is 9.58. The van der Waals surface area contributed by atoms with E-state index in [-0.39, 0.29) is 0 Å². The number of hydrogen-bond acceptors (Lipinski definition) is 4. The minimum absolute atomic E-state index is 0.600. The number of halogens is 1. The second-order valence-corrected chi connectivity index (χ2v) is 7.58. The van der Waals surface area contributed by atoms with E-state index in [4.69, 9.17) is 14.5 Å². The Morgan fingerprint density at radius 2 is 2.15 bits per heavy atom. The van der Waals surface area contributed by atoms with Gasteiger partial charge in [-0.2, -0.15) is 0 Å². The molecule has 0 saturated carbocycles. The fraction of sp³-hybridized carbons (Fsp3) is 0.632. The van der Waals surface area contributed by atoms with Crippen LogP contribution in [0.4, 0.5) is 0 Å². The predicted molar refractivity (Wildman–Crippen MR) is 108 cm³/mol. The summed E-state index contributed by atoms with van der Waals surface area (Å²) in [7, 11) is 1.70. The Hall–Kier alpha value is -1.31. The molecule has 1 aromatic carbocycles. The molecule has 1 aromatic rings. The van der Waals surface area contributed by atoms with Gasteiger partial charge in [-0.15, -0.1) is 0 Å². The number of nitrogens with one attached hydrogen (secondary N) is 1. The van der Waals surface area contributed by atoms with E-state index >= 15 is 0 Å². The minimum atomic E-state index is 0.600. The number of guanidine groups is 1. The molecule has 6 nitrogen and oxygen atoms in total. The van der Waals surface area contributed by atoms with Crippen LogP contribution in [0.1, 0.15) is 18.9 Å². The quantitative estimate of drug-likeness (QED) is 0.580. The molecular formula is C19H29BrN4O2. The highest BCUT2D eigenvalue weighted by molar-refractivity contribution is 9.10. The highest BCUT2D eigenvalue weighted by Crippen LogP contribution is 2.24. The fourth-order valence-corrected chi connectivity index (χ4v) is 4.04. The van der Waals surface area contributed by atoms with Gasteiger partial charge in [-0.05, 0) is 31.5 Å². The average Bonchev–Trinajstić information content (AvgIpc) is 3.16. The van der Waals surface area contributed by atoms with Gasteiger partial charge in [0.25, 0.3) is 0 Å². The minimum Gasteiger partial charge on any atom is -0.496 e. The van der Waals surface area contributed by atoms with Gasteiger partial charge in [0.2, 0.25) is 0 Å². The molecule has 2 fully saturated rings. The zero-order valence-electron chi connectivity index (χ0n) is 15.7. The van der Waals surface area contributed by atoms with Crippen molar-refractivity contribution in [1.29, 1.82) is 0 Å². The standard InChI is InChI=1S/C19H29BrN4O2/c1-3-21-19(22-13-15-12-16(20)4-5-18(15)25-2)24-7-6-17(14-24)23-8-10-26-11-9-23/h4-5,12,17H,3,6-11,13-14H2,1-2H3,(H,21,22). The van der Waals surface area contributed by atoms with Crippen molar-refractivity contribution in [2.45, 2.75) is 25.9 Å². The molecule has 144 valence electrons. The Kier molecular flexibility index (Phi) is 7.16. The Morgan fingerprint density at radius 1 is 1.35 bits per heavy atom. The number of methoxy groups -OCH3 is 1. The van der Waals surface area contributed by atoms with Crippen molar-refractivity contribution in [3.8, 4) is 5.75 Å². The van der Waals surface area contributed by atoms with Crippen LogP contribution in [-0.2, 0) is 11.3 Å². The Bertz CT molecular complexity index is 620. The number of nitrogens with zero attached hydrogens (tertiary/aromatic N) is 3. The normalized spacial score (nSPS) is 21.9. The van der Waals surface area contributed by atoms with Crippen molar-refractivity contribution in [1.82, 2.24) is 15.1 Å². The lowest BCUT2D eigenvalue weighted by Crippen LogP contribution is -2.46. The van der Waals surface area contributed by atoms with Crippen molar-refractivity contribution in [3.63, 3.8) is 0 Å². The first-order valence-corrected chi connectivity index (χ1v) is 10.2. The summed E-state index contributed by atoms with van der Waals surface area (Å²) in [6.07, 6.45) is 1.19. The van der Waals surface area contributed by atoms with E-state index in [1.807, 2.05) is 12.1 Å². The van der Waals surface area contributed by atoms with Gasteiger partial charge in [0.1, 0.15) is 5.75 Å². The van der Waals surface area contributed by atoms with Crippen LogP contribution in [0.5, 0.6) is 5.75 Å². The van der Waals surface area contributed by atoms with E-state index in [1.54, 1.807) is 7.11 Å². The van der Waals surface area contributed by atoms with Crippen LogP contribution in [0.3, 0.4) is 0 Å². The molecule has 1 unspecified atom stereocenters. The van der Waals surface area contributed by atoms with E-state index in [0.29, 0.717) is 12.6 Å². The summed E-state index contributed by atoms with van der Waals surface area (Å²) in [6, 6.07) is 6.65. The maximum Gasteiger partial charge on any atom is 0.194 e. The molecule has 0 amide bonds. The first-order valence-electron chi connectivity index (χ1n) is 9.38. The molecule has 3 rings (SSSR count). The maximum atomic E-state index is 5.48. The summed E-state index contributed by atoms with van der Waals surface area (Å²) in [6.45, 7) is 9.45. The Labute approximate surface area is 164 Å². The molecule has 2 heterocycles. The van der Waals surface area contributed by atoms with Crippen molar-refractivity contribution in [3.05, 3.63) is 28.2 Å². The molecule has 2 aliphatic heterocycles. The fourth-order valence-electron chi connectivity index (χ4n) is 3.63. The summed E-state index contributed by atoms with van der Waals surface area (Å²) in [5.41, 5.74) is 1.08. The summed E-state index contributed by atoms with van der Waals surface area (Å²) < 4.78 is 12.0. The second-order valence-electron chi connectivity index (χ2n) is 6.66. The van der Waals surface area contributed by atoms with Crippen LogP contribution in [0.15, 0.2) is 27.7 Å². The molecule has 1 N–H and O–H groups in total. The first kappa shape index (κ1) is 19.5. The van der Waals surface area contributed by atoms with Gasteiger partial charge in [-0.25, -0.2) is 4.99 Å². The molecule has 2 saturated heterocycles. The van der Waals surface area contributed by atoms with Gasteiger partial charge in [0.05, 0.1) is 26.9 Å². The molecule has 0 bridgehead atoms. The summed E-state index contributed by atoms with van der Waals surface area (Å²) in [5, 5.41) is 3.45. The molecule has 7 heteroatoms. The molecular weight excluding hydrogens is 396 g/mol. The van der Waals surface area contributed by atoms with Crippen LogP contribution < -0.4 is 10.1 Å². The molecule has 1 atom stereocenters. The van der Waals surface area contributed by atoms with Gasteiger partial charge in [-0.1, -0.05) is 15.9 Å². The molecule has 0 spiro atoms. The van der Waals surface area contributed by atoms with Gasteiger partial charge in [-0.3, -0.25) is 4.90 Å². The van der Waals surface area contributed by atoms with E-state index in [0.717, 1.165) is 67.7 Å². The van der Waals surface area contributed by atoms with E-state index in [2.05, 4.69) is 44.0 Å². The number of hydrogen-bond donors (Lipinski definition) is 1. The number of rotatable bonds is 5. The number of likely N-dealkylation sites (tertiary alicyclic amines) is 1. The molecule has 26 heavy (non-hydrogen) atoms. The van der Waals surface area contributed by atoms with Crippen LogP contribution in [0, 0.1) is 0 Å². The number of morpholine rings is 1. The summed E-state index contributed by atoms with van der Waals surface area (Å²) >= 11 is 3.54. The smallest absolute Gasteiger partial charge is 0.194 e. The third kappa shape index (κ3) is 4.90. The Balaban J connectivity index is 1.67. The number of ether oxygens (including phenoxy) is 2. The molecule has 0 radical (unpaired) electrons. The first-order chi connectivity index (χ1) is 12.7. The zero-order chi connectivity index (χ0) is 18.4. The summed E-state index contributed by atoms with van der Waals surface area (Å²) in [5.74, 6) is 1.87. The molecule has 2 aliphatic rings. The third-order valence-corrected chi connectivity index (χ3v) is 5.49. The lowest BCUT2D eigenvalue weighted by molar-refractivity contribution is 0.0195. The van der Waals surface area contributed by atoms with Crippen molar-refractivity contribution < 1.29 is 9.47 Å². The lowest BCUT2D eigenvalue weighted by atomic mass is 10.2. The number of aliphatic imine (C=N–C) groups is 1. The van der Waals surface area contributed by atoms with Gasteiger partial charge in [0, 0.05) is 48.8 Å². The van der Waals surface area contributed by atoms with E-state index in [9.17, 15) is 0 Å². The highest BCUT2D eigenvalue weighted by Gasteiger charge is 2.30. The summed E-state index contributed by atoms with van der Waals surface area (Å²) in [4.78, 5) is 9.83. The van der Waals surface area contributed by atoms with Gasteiger partial charge < -0.3 is 19.7 Å². The van der Waals surface area contributed by atoms with Crippen LogP contribution in [-0.4, -0.2) is 74.8 Å². The molecule has 0 aromatic heterocycles. The average molecular weight is 425 g/mol. The van der Waals surface area contributed by atoms with E-state index < -0.39 is 0 Å². The van der Waals surface area contributed by atoms with Crippen molar-refractivity contribution in [2.24, 2.45) is 4.99 Å². The number of benzene rings is 1. The SMILES string of the molecule is CCNC(=NCc1cc(Br)ccc1OC)N1CCC(N2CCOCC2)C1. The topological polar surface area (TPSA) is 49.3 Å². The lowest BCUT2D eigenvalue weighted by Gasteiger charge is -2.32. The van der Waals surface area contributed by atoms with Crippen molar-refractivity contribution in [2.75, 3.05) is 53.0 Å². The van der Waals surface area contributed by atoms with Crippen LogP contribution in [0.2, 0.25) is 0 Å². The van der Waals surface area contributed by atoms with E-state index in [1.165, 1.54) is 6.42 Å². The molecule has 0 aliphatic carbocycles. The van der Waals surface area contributed by atoms with Crippen LogP contribution in [0.25, 0.3) is 0 Å². The predicted octanol–water partition coefficient (Wildman–Crippen LogP) is 2.33. The zero-order valence-corrected chi connectivity index (χ0v) is 17.3. The third-order valence-electron chi connectivity index (χ3n) is 5.00.